The van der Waals surface area contributed by atoms with Gasteiger partial charge in [-0.1, -0.05) is 19.2 Å². The molecule has 0 aliphatic carbocycles. The lowest BCUT2D eigenvalue weighted by Crippen LogP contribution is -1.88. The van der Waals surface area contributed by atoms with Gasteiger partial charge in [-0.05, 0) is 55.3 Å². The van der Waals surface area contributed by atoms with Gasteiger partial charge in [-0.2, -0.15) is 5.10 Å². The molecule has 35 heavy (non-hydrogen) atoms. The van der Waals surface area contributed by atoms with E-state index in [2.05, 4.69) is 61.3 Å². The lowest BCUT2D eigenvalue weighted by atomic mass is 10.3. The fourth-order valence-electron chi connectivity index (χ4n) is 3.50. The molecule has 1 aliphatic rings. The maximum Gasteiger partial charge on any atom is 0.160 e. The van der Waals surface area contributed by atoms with Crippen LogP contribution in [0.5, 0.6) is 0 Å². The Kier molecular flexibility index (Phi) is 7.94. The maximum absolute atomic E-state index is 4.04. The summed E-state index contributed by atoms with van der Waals surface area (Å²) < 4.78 is 7.70. The van der Waals surface area contributed by atoms with Crippen molar-refractivity contribution in [1.82, 2.24) is 43.3 Å². The quantitative estimate of drug-likeness (QED) is 0.375. The molecule has 0 unspecified atom stereocenters. The standard InChI is InChI=1S/C7H8N2.C7H9N.2C6H5N3/c1-3-7-5-6-8-9(7)4-2;1-3-7-4-2-6-8(7)5-1;1-2-7-5-9-4-3-8-6(1)9;1-2-4-9-5-7-8-6(9)3-1/h3-6H,1-2H2;1,3,5H,2,4,6H2;2*1-5H. The summed E-state index contributed by atoms with van der Waals surface area (Å²) in [6.45, 7) is 8.41. The number of imidazole rings is 1. The fraction of sp³-hybridized carbons (Fsp3) is 0.115. The van der Waals surface area contributed by atoms with E-state index in [0.717, 1.165) is 17.0 Å². The van der Waals surface area contributed by atoms with E-state index in [-0.39, 0.29) is 0 Å². The zero-order valence-electron chi connectivity index (χ0n) is 19.4. The van der Waals surface area contributed by atoms with Gasteiger partial charge in [-0.25, -0.2) is 14.6 Å². The van der Waals surface area contributed by atoms with Crippen LogP contribution in [0, 0.1) is 0 Å². The van der Waals surface area contributed by atoms with Gasteiger partial charge in [0, 0.05) is 55.6 Å². The van der Waals surface area contributed by atoms with E-state index in [9.17, 15) is 0 Å². The first-order chi connectivity index (χ1) is 17.3. The highest BCUT2D eigenvalue weighted by Crippen LogP contribution is 2.13. The van der Waals surface area contributed by atoms with Gasteiger partial charge >= 0.3 is 0 Å². The first-order valence-electron chi connectivity index (χ1n) is 11.2. The van der Waals surface area contributed by atoms with Crippen LogP contribution in [0.4, 0.5) is 0 Å². The van der Waals surface area contributed by atoms with Crippen molar-refractivity contribution < 1.29 is 0 Å². The fourth-order valence-corrected chi connectivity index (χ4v) is 3.50. The lowest BCUT2D eigenvalue weighted by Gasteiger charge is -1.91. The normalized spacial score (nSPS) is 11.3. The number of pyridine rings is 1. The summed E-state index contributed by atoms with van der Waals surface area (Å²) in [5.74, 6) is 0. The minimum absolute atomic E-state index is 0.887. The monoisotopic (exact) mass is 465 g/mol. The van der Waals surface area contributed by atoms with Crippen molar-refractivity contribution in [2.75, 3.05) is 0 Å². The van der Waals surface area contributed by atoms with Crippen molar-refractivity contribution >= 4 is 23.6 Å². The number of fused-ring (bicyclic) bond motifs is 3. The minimum Gasteiger partial charge on any atom is -0.351 e. The van der Waals surface area contributed by atoms with Crippen LogP contribution in [0.15, 0.2) is 105 Å². The van der Waals surface area contributed by atoms with Crippen molar-refractivity contribution in [3.05, 3.63) is 117 Å². The van der Waals surface area contributed by atoms with E-state index >= 15 is 0 Å². The molecule has 0 saturated carbocycles. The van der Waals surface area contributed by atoms with E-state index in [1.54, 1.807) is 48.2 Å². The van der Waals surface area contributed by atoms with Crippen molar-refractivity contribution in [3.8, 4) is 0 Å². The molecule has 0 amide bonds. The topological polar surface area (TPSA) is 83.1 Å². The molecule has 0 atom stereocenters. The highest BCUT2D eigenvalue weighted by molar-refractivity contribution is 5.44. The largest absolute Gasteiger partial charge is 0.351 e. The smallest absolute Gasteiger partial charge is 0.160 e. The molecule has 176 valence electrons. The van der Waals surface area contributed by atoms with E-state index in [1.807, 2.05) is 51.5 Å². The summed E-state index contributed by atoms with van der Waals surface area (Å²) in [5, 5.41) is 11.5. The average Bonchev–Trinajstić information content (AvgIpc) is 3.73. The molecule has 0 saturated heterocycles. The Labute approximate surface area is 203 Å². The second-order valence-electron chi connectivity index (χ2n) is 7.45. The van der Waals surface area contributed by atoms with Gasteiger partial charge in [0.05, 0.1) is 5.69 Å². The van der Waals surface area contributed by atoms with Crippen molar-refractivity contribution in [2.24, 2.45) is 0 Å². The molecule has 0 radical (unpaired) electrons. The number of hydrogen-bond acceptors (Lipinski definition) is 5. The summed E-state index contributed by atoms with van der Waals surface area (Å²) >= 11 is 0. The Morgan fingerprint density at radius 3 is 2.51 bits per heavy atom. The van der Waals surface area contributed by atoms with Crippen LogP contribution in [-0.4, -0.2) is 43.3 Å². The SMILES string of the molecule is C=Cc1ccnn1C=C.c1cc2n(c1)CCC2.c1cc2nccn2cn1.c1ccn2cnnc2c1. The molecule has 9 nitrogen and oxygen atoms in total. The molecule has 9 heteroatoms. The zero-order valence-corrected chi connectivity index (χ0v) is 19.4. The van der Waals surface area contributed by atoms with Gasteiger partial charge in [0.25, 0.3) is 0 Å². The molecule has 6 aromatic rings. The third-order valence-electron chi connectivity index (χ3n) is 5.24. The Morgan fingerprint density at radius 2 is 1.74 bits per heavy atom. The van der Waals surface area contributed by atoms with Crippen LogP contribution in [0.2, 0.25) is 0 Å². The molecular weight excluding hydrogens is 438 g/mol. The van der Waals surface area contributed by atoms with Crippen LogP contribution >= 0.6 is 0 Å². The molecule has 6 aromatic heterocycles. The summed E-state index contributed by atoms with van der Waals surface area (Å²) in [6.07, 6.45) is 20.5. The number of nitrogens with zero attached hydrogens (tertiary/aromatic N) is 9. The zero-order chi connectivity index (χ0) is 24.3. The van der Waals surface area contributed by atoms with Gasteiger partial charge in [-0.15, -0.1) is 10.2 Å². The number of rotatable bonds is 2. The lowest BCUT2D eigenvalue weighted by molar-refractivity contribution is 0.750. The maximum atomic E-state index is 4.04. The van der Waals surface area contributed by atoms with Gasteiger partial charge in [0.2, 0.25) is 0 Å². The third kappa shape index (κ3) is 6.17. The van der Waals surface area contributed by atoms with E-state index in [1.165, 1.54) is 25.1 Å². The first kappa shape index (κ1) is 23.4. The third-order valence-corrected chi connectivity index (χ3v) is 5.24. The second kappa shape index (κ2) is 11.9. The Balaban J connectivity index is 0.000000110. The van der Waals surface area contributed by atoms with Gasteiger partial charge in [0.1, 0.15) is 18.3 Å². The molecule has 0 spiro atoms. The summed E-state index contributed by atoms with van der Waals surface area (Å²) in [5.41, 5.74) is 4.29. The van der Waals surface area contributed by atoms with Crippen LogP contribution in [0.1, 0.15) is 17.8 Å². The first-order valence-corrected chi connectivity index (χ1v) is 11.2. The Bertz CT molecular complexity index is 1320. The van der Waals surface area contributed by atoms with Gasteiger partial charge < -0.3 is 4.57 Å². The van der Waals surface area contributed by atoms with Gasteiger partial charge in [-0.3, -0.25) is 8.80 Å². The number of hydrogen-bond donors (Lipinski definition) is 0. The van der Waals surface area contributed by atoms with Crippen molar-refractivity contribution in [3.63, 3.8) is 0 Å². The highest BCUT2D eigenvalue weighted by atomic mass is 15.3. The molecular formula is C26H27N9. The van der Waals surface area contributed by atoms with Crippen LogP contribution in [-0.2, 0) is 13.0 Å². The average molecular weight is 466 g/mol. The van der Waals surface area contributed by atoms with Crippen LogP contribution in [0.3, 0.4) is 0 Å². The predicted octanol–water partition coefficient (Wildman–Crippen LogP) is 4.52. The summed E-state index contributed by atoms with van der Waals surface area (Å²) in [7, 11) is 0. The summed E-state index contributed by atoms with van der Waals surface area (Å²) in [4.78, 5) is 7.95. The van der Waals surface area contributed by atoms with Crippen LogP contribution in [0.25, 0.3) is 23.6 Å². The van der Waals surface area contributed by atoms with E-state index < -0.39 is 0 Å². The predicted molar refractivity (Wildman–Crippen MR) is 137 cm³/mol. The molecule has 1 aliphatic heterocycles. The van der Waals surface area contributed by atoms with Crippen LogP contribution < -0.4 is 0 Å². The second-order valence-corrected chi connectivity index (χ2v) is 7.45. The van der Waals surface area contributed by atoms with E-state index in [4.69, 9.17) is 0 Å². The van der Waals surface area contributed by atoms with Crippen molar-refractivity contribution in [2.45, 2.75) is 19.4 Å². The number of aromatic nitrogens is 9. The number of aryl methyl sites for hydroxylation is 2. The molecule has 0 N–H and O–H groups in total. The highest BCUT2D eigenvalue weighted by Gasteiger charge is 2.06. The van der Waals surface area contributed by atoms with E-state index in [0.29, 0.717) is 0 Å². The Hall–Kier alpha value is -4.79. The molecule has 0 aromatic carbocycles. The molecule has 0 fully saturated rings. The van der Waals surface area contributed by atoms with Crippen molar-refractivity contribution in [1.29, 1.82) is 0 Å². The molecule has 7 heterocycles. The molecule has 7 rings (SSSR count). The Morgan fingerprint density at radius 1 is 0.829 bits per heavy atom. The minimum atomic E-state index is 0.887. The molecule has 0 bridgehead atoms. The van der Waals surface area contributed by atoms with Gasteiger partial charge in [0.15, 0.2) is 5.65 Å². The summed E-state index contributed by atoms with van der Waals surface area (Å²) in [6, 6.07) is 13.8.